The fourth-order valence-electron chi connectivity index (χ4n) is 2.33. The lowest BCUT2D eigenvalue weighted by Gasteiger charge is -2.22. The van der Waals surface area contributed by atoms with E-state index in [0.29, 0.717) is 19.3 Å². The third-order valence-corrected chi connectivity index (χ3v) is 3.33. The minimum Gasteiger partial charge on any atom is -0.481 e. The Morgan fingerprint density at radius 2 is 2.36 bits per heavy atom. The number of carboxylic acids is 1. The molecule has 0 spiro atoms. The third kappa shape index (κ3) is 2.07. The number of carbonyl (C=O) groups is 1. The van der Waals surface area contributed by atoms with Gasteiger partial charge in [-0.05, 0) is 25.8 Å². The molecule has 1 saturated carbocycles. The van der Waals surface area contributed by atoms with Crippen molar-refractivity contribution in [1.29, 1.82) is 0 Å². The molecule has 0 bridgehead atoms. The second-order valence-electron chi connectivity index (χ2n) is 4.34. The third-order valence-electron chi connectivity index (χ3n) is 3.33. The van der Waals surface area contributed by atoms with Crippen molar-refractivity contribution in [2.75, 3.05) is 20.3 Å². The van der Waals surface area contributed by atoms with E-state index in [9.17, 15) is 4.79 Å². The molecule has 4 nitrogen and oxygen atoms in total. The fraction of sp³-hybridized carbons (Fsp3) is 0.900. The Balaban J connectivity index is 1.60. The minimum absolute atomic E-state index is 0.114. The monoisotopic (exact) mass is 199 g/mol. The van der Waals surface area contributed by atoms with E-state index >= 15 is 0 Å². The number of aliphatic carboxylic acids is 1. The van der Waals surface area contributed by atoms with Gasteiger partial charge in [0, 0.05) is 12.1 Å². The maximum absolute atomic E-state index is 10.2. The van der Waals surface area contributed by atoms with E-state index in [4.69, 9.17) is 9.84 Å². The Morgan fingerprint density at radius 1 is 1.57 bits per heavy atom. The Hall–Kier alpha value is -0.610. The summed E-state index contributed by atoms with van der Waals surface area (Å²) in [7, 11) is 2.14. The Kier molecular flexibility index (Phi) is 2.74. The summed E-state index contributed by atoms with van der Waals surface area (Å²) in [6.45, 7) is 1.03. The van der Waals surface area contributed by atoms with Gasteiger partial charge in [-0.25, -0.2) is 0 Å². The number of nitrogens with zero attached hydrogens (tertiary/aromatic N) is 1. The molecule has 80 valence electrons. The zero-order valence-corrected chi connectivity index (χ0v) is 8.48. The molecule has 0 radical (unpaired) electrons. The van der Waals surface area contributed by atoms with Crippen molar-refractivity contribution in [2.24, 2.45) is 5.92 Å². The highest BCUT2D eigenvalue weighted by atomic mass is 16.5. The number of hydrogen-bond donors (Lipinski definition) is 1. The van der Waals surface area contributed by atoms with Crippen LogP contribution in [-0.2, 0) is 9.53 Å². The molecule has 1 aliphatic heterocycles. The van der Waals surface area contributed by atoms with E-state index < -0.39 is 5.97 Å². The van der Waals surface area contributed by atoms with Crippen LogP contribution in [0, 0.1) is 5.92 Å². The van der Waals surface area contributed by atoms with Gasteiger partial charge in [-0.1, -0.05) is 0 Å². The SMILES string of the molecule is CN1[C@H](COCCC(=O)O)C[C@H]2C[C@H]21. The van der Waals surface area contributed by atoms with Crippen molar-refractivity contribution in [3.05, 3.63) is 0 Å². The van der Waals surface area contributed by atoms with Crippen molar-refractivity contribution < 1.29 is 14.6 Å². The first-order valence-electron chi connectivity index (χ1n) is 5.20. The number of fused-ring (bicyclic) bond motifs is 1. The van der Waals surface area contributed by atoms with Gasteiger partial charge in [0.25, 0.3) is 0 Å². The average Bonchev–Trinajstić information content (AvgIpc) is 2.82. The standard InChI is InChI=1S/C10H17NO3/c1-11-8(4-7-5-9(7)11)6-14-3-2-10(12)13/h7-9H,2-6H2,1H3,(H,12,13)/t7-,8-,9+/m0/s1. The van der Waals surface area contributed by atoms with Gasteiger partial charge in [-0.3, -0.25) is 9.69 Å². The fourth-order valence-corrected chi connectivity index (χ4v) is 2.33. The first kappa shape index (κ1) is 9.93. The number of carboxylic acid groups (broad SMARTS) is 1. The van der Waals surface area contributed by atoms with Crippen LogP contribution in [0.5, 0.6) is 0 Å². The summed E-state index contributed by atoms with van der Waals surface area (Å²) in [4.78, 5) is 12.6. The van der Waals surface area contributed by atoms with E-state index in [-0.39, 0.29) is 6.42 Å². The van der Waals surface area contributed by atoms with Crippen LogP contribution in [0.25, 0.3) is 0 Å². The zero-order valence-electron chi connectivity index (χ0n) is 8.48. The predicted molar refractivity (Wildman–Crippen MR) is 51.1 cm³/mol. The first-order chi connectivity index (χ1) is 6.68. The highest BCUT2D eigenvalue weighted by molar-refractivity contribution is 5.66. The van der Waals surface area contributed by atoms with Crippen molar-refractivity contribution in [1.82, 2.24) is 4.90 Å². The summed E-state index contributed by atoms with van der Waals surface area (Å²) >= 11 is 0. The molecule has 14 heavy (non-hydrogen) atoms. The van der Waals surface area contributed by atoms with Crippen LogP contribution in [0.1, 0.15) is 19.3 Å². The summed E-state index contributed by atoms with van der Waals surface area (Å²) in [5.41, 5.74) is 0. The van der Waals surface area contributed by atoms with Crippen LogP contribution in [0.15, 0.2) is 0 Å². The van der Waals surface area contributed by atoms with Gasteiger partial charge in [0.1, 0.15) is 0 Å². The van der Waals surface area contributed by atoms with Crippen LogP contribution in [0.4, 0.5) is 0 Å². The molecule has 2 rings (SSSR count). The molecule has 1 N–H and O–H groups in total. The van der Waals surface area contributed by atoms with Crippen molar-refractivity contribution in [3.8, 4) is 0 Å². The Labute approximate surface area is 83.8 Å². The molecule has 2 aliphatic rings. The largest absolute Gasteiger partial charge is 0.481 e. The van der Waals surface area contributed by atoms with Gasteiger partial charge in [-0.2, -0.15) is 0 Å². The number of piperidine rings is 1. The quantitative estimate of drug-likeness (QED) is 0.658. The summed E-state index contributed by atoms with van der Waals surface area (Å²) in [6.07, 6.45) is 2.69. The van der Waals surface area contributed by atoms with Gasteiger partial charge in [-0.15, -0.1) is 0 Å². The smallest absolute Gasteiger partial charge is 0.305 e. The Bertz CT molecular complexity index is 231. The van der Waals surface area contributed by atoms with Crippen molar-refractivity contribution in [2.45, 2.75) is 31.3 Å². The molecule has 2 fully saturated rings. The lowest BCUT2D eigenvalue weighted by atomic mass is 10.2. The van der Waals surface area contributed by atoms with E-state index in [0.717, 1.165) is 12.0 Å². The van der Waals surface area contributed by atoms with Crippen LogP contribution in [0.2, 0.25) is 0 Å². The number of hydrogen-bond acceptors (Lipinski definition) is 3. The second-order valence-corrected chi connectivity index (χ2v) is 4.34. The van der Waals surface area contributed by atoms with Gasteiger partial charge in [0.15, 0.2) is 0 Å². The lowest BCUT2D eigenvalue weighted by Crippen LogP contribution is -2.33. The van der Waals surface area contributed by atoms with Crippen molar-refractivity contribution >= 4 is 5.97 Å². The van der Waals surface area contributed by atoms with Crippen LogP contribution in [-0.4, -0.2) is 48.3 Å². The van der Waals surface area contributed by atoms with Gasteiger partial charge >= 0.3 is 5.97 Å². The molecular weight excluding hydrogens is 182 g/mol. The molecule has 0 aromatic carbocycles. The Morgan fingerprint density at radius 3 is 2.93 bits per heavy atom. The van der Waals surface area contributed by atoms with Crippen molar-refractivity contribution in [3.63, 3.8) is 0 Å². The second kappa shape index (κ2) is 3.87. The van der Waals surface area contributed by atoms with Crippen LogP contribution < -0.4 is 0 Å². The van der Waals surface area contributed by atoms with Crippen LogP contribution in [0.3, 0.4) is 0 Å². The minimum atomic E-state index is -0.785. The molecule has 0 unspecified atom stereocenters. The van der Waals surface area contributed by atoms with E-state index in [1.165, 1.54) is 12.8 Å². The summed E-state index contributed by atoms with van der Waals surface area (Å²) < 4.78 is 5.35. The van der Waals surface area contributed by atoms with E-state index in [1.807, 2.05) is 0 Å². The highest BCUT2D eigenvalue weighted by Gasteiger charge is 2.49. The number of ether oxygens (including phenoxy) is 1. The normalized spacial score (nSPS) is 35.6. The number of likely N-dealkylation sites (N-methyl/N-ethyl adjacent to an activating group) is 1. The number of likely N-dealkylation sites (tertiary alicyclic amines) is 1. The number of rotatable bonds is 5. The highest BCUT2D eigenvalue weighted by Crippen LogP contribution is 2.46. The summed E-state index contributed by atoms with van der Waals surface area (Å²) in [6, 6.07) is 1.32. The summed E-state index contributed by atoms with van der Waals surface area (Å²) in [5.74, 6) is 0.112. The molecule has 1 saturated heterocycles. The molecule has 0 aromatic rings. The average molecular weight is 199 g/mol. The predicted octanol–water partition coefficient (Wildman–Crippen LogP) is 0.570. The molecule has 1 aliphatic carbocycles. The molecule has 0 amide bonds. The topological polar surface area (TPSA) is 49.8 Å². The molecule has 0 aromatic heterocycles. The van der Waals surface area contributed by atoms with Gasteiger partial charge < -0.3 is 9.84 Å². The molecule has 1 heterocycles. The first-order valence-corrected chi connectivity index (χ1v) is 5.20. The van der Waals surface area contributed by atoms with Gasteiger partial charge in [0.2, 0.25) is 0 Å². The van der Waals surface area contributed by atoms with Crippen LogP contribution >= 0.6 is 0 Å². The molecule has 3 atom stereocenters. The maximum atomic E-state index is 10.2. The zero-order chi connectivity index (χ0) is 10.1. The molecular formula is C10H17NO3. The van der Waals surface area contributed by atoms with Gasteiger partial charge in [0.05, 0.1) is 19.6 Å². The lowest BCUT2D eigenvalue weighted by molar-refractivity contribution is -0.138. The van der Waals surface area contributed by atoms with E-state index in [2.05, 4.69) is 11.9 Å². The van der Waals surface area contributed by atoms with E-state index in [1.54, 1.807) is 0 Å². The maximum Gasteiger partial charge on any atom is 0.305 e. The molecule has 4 heteroatoms. The summed E-state index contributed by atoms with van der Waals surface area (Å²) in [5, 5.41) is 8.42.